The average Bonchev–Trinajstić information content (AvgIpc) is 3.44. The second kappa shape index (κ2) is 10.6. The van der Waals surface area contributed by atoms with E-state index in [4.69, 9.17) is 42.6 Å². The van der Waals surface area contributed by atoms with Crippen molar-refractivity contribution in [1.82, 2.24) is 0 Å². The normalized spacial score (nSPS) is 27.5. The van der Waals surface area contributed by atoms with Crippen LogP contribution < -0.4 is 0 Å². The molecular weight excluding hydrogens is 408 g/mol. The predicted molar refractivity (Wildman–Crippen MR) is 93.8 cm³/mol. The molecule has 3 fully saturated rings. The fourth-order valence-electron chi connectivity index (χ4n) is 2.99. The monoisotopic (exact) mass is 434 g/mol. The number of hydrogen-bond acceptors (Lipinski definition) is 12. The Morgan fingerprint density at radius 3 is 1.27 bits per heavy atom. The highest BCUT2D eigenvalue weighted by molar-refractivity contribution is 5.62. The number of rotatable bonds is 13. The number of carbonyl (C=O) groups excluding carboxylic acids is 3. The standard InChI is InChI=1S/C18H26O12/c1-2-18(9-22-3-12-6-25-15(19)28-12,10-23-4-13-7-26-16(20)29-13)11-24-5-14-8-27-17(21)30-14/h12-14H,2-11H2,1H3. The molecule has 0 aromatic rings. The van der Waals surface area contributed by atoms with Crippen molar-refractivity contribution in [1.29, 1.82) is 0 Å². The molecule has 3 saturated heterocycles. The van der Waals surface area contributed by atoms with Gasteiger partial charge in [-0.2, -0.15) is 0 Å². The quantitative estimate of drug-likeness (QED) is 0.303. The van der Waals surface area contributed by atoms with Crippen molar-refractivity contribution in [2.75, 3.05) is 59.5 Å². The van der Waals surface area contributed by atoms with Crippen molar-refractivity contribution in [2.45, 2.75) is 31.7 Å². The van der Waals surface area contributed by atoms with Crippen LogP contribution in [0.2, 0.25) is 0 Å². The SMILES string of the molecule is CCC(COCC1COC(=O)O1)(COCC1COC(=O)O1)COCC1COC(=O)O1. The zero-order valence-corrected chi connectivity index (χ0v) is 16.7. The minimum atomic E-state index is -0.710. The molecule has 12 heteroatoms. The first-order valence-electron chi connectivity index (χ1n) is 9.71. The van der Waals surface area contributed by atoms with Crippen molar-refractivity contribution in [3.8, 4) is 0 Å². The Hall–Kier alpha value is -2.31. The second-order valence-electron chi connectivity index (χ2n) is 7.30. The number of cyclic esters (lactones) is 6. The summed E-state index contributed by atoms with van der Waals surface area (Å²) in [5.74, 6) is 0. The molecule has 170 valence electrons. The maximum atomic E-state index is 11.0. The summed E-state index contributed by atoms with van der Waals surface area (Å²) in [6, 6.07) is 0. The molecule has 3 aliphatic heterocycles. The molecular formula is C18H26O12. The van der Waals surface area contributed by atoms with Gasteiger partial charge in [0.15, 0.2) is 18.3 Å². The van der Waals surface area contributed by atoms with Gasteiger partial charge in [-0.15, -0.1) is 0 Å². The Balaban J connectivity index is 1.47. The first-order valence-corrected chi connectivity index (χ1v) is 9.71. The van der Waals surface area contributed by atoms with Gasteiger partial charge in [-0.1, -0.05) is 6.92 Å². The zero-order valence-electron chi connectivity index (χ0n) is 16.7. The van der Waals surface area contributed by atoms with E-state index < -0.39 is 42.2 Å². The van der Waals surface area contributed by atoms with E-state index in [1.165, 1.54) is 0 Å². The van der Waals surface area contributed by atoms with E-state index in [2.05, 4.69) is 0 Å². The Morgan fingerprint density at radius 1 is 0.700 bits per heavy atom. The Bertz CT molecular complexity index is 529. The topological polar surface area (TPSA) is 134 Å². The van der Waals surface area contributed by atoms with E-state index in [1.807, 2.05) is 6.92 Å². The van der Waals surface area contributed by atoms with Gasteiger partial charge in [0.25, 0.3) is 0 Å². The highest BCUT2D eigenvalue weighted by Gasteiger charge is 2.34. The van der Waals surface area contributed by atoms with Gasteiger partial charge < -0.3 is 42.6 Å². The summed E-state index contributed by atoms with van der Waals surface area (Å²) < 4.78 is 46.4. The highest BCUT2D eigenvalue weighted by atomic mass is 16.8. The predicted octanol–water partition coefficient (Wildman–Crippen LogP) is 1.04. The molecule has 3 rings (SSSR count). The summed E-state index contributed by atoms with van der Waals surface area (Å²) in [7, 11) is 0. The van der Waals surface area contributed by atoms with E-state index in [1.54, 1.807) is 0 Å². The van der Waals surface area contributed by atoms with Crippen molar-refractivity contribution >= 4 is 18.5 Å². The molecule has 0 radical (unpaired) electrons. The largest absolute Gasteiger partial charge is 0.508 e. The highest BCUT2D eigenvalue weighted by Crippen LogP contribution is 2.25. The molecule has 30 heavy (non-hydrogen) atoms. The van der Waals surface area contributed by atoms with Crippen LogP contribution in [0.3, 0.4) is 0 Å². The third-order valence-corrected chi connectivity index (χ3v) is 4.84. The molecule has 3 unspecified atom stereocenters. The molecule has 0 amide bonds. The molecule has 0 aromatic heterocycles. The van der Waals surface area contributed by atoms with E-state index in [0.717, 1.165) is 0 Å². The zero-order chi connectivity index (χ0) is 21.4. The molecule has 0 aromatic carbocycles. The minimum absolute atomic E-state index is 0.144. The second-order valence-corrected chi connectivity index (χ2v) is 7.30. The van der Waals surface area contributed by atoms with Gasteiger partial charge in [0.2, 0.25) is 0 Å². The van der Waals surface area contributed by atoms with Gasteiger partial charge in [0.05, 0.1) is 39.6 Å². The molecule has 0 bridgehead atoms. The van der Waals surface area contributed by atoms with Gasteiger partial charge in [0.1, 0.15) is 19.8 Å². The lowest BCUT2D eigenvalue weighted by Gasteiger charge is -2.32. The minimum Gasteiger partial charge on any atom is -0.430 e. The molecule has 0 saturated carbocycles. The van der Waals surface area contributed by atoms with Crippen LogP contribution >= 0.6 is 0 Å². The Morgan fingerprint density at radius 2 is 1.03 bits per heavy atom. The number of ether oxygens (including phenoxy) is 9. The van der Waals surface area contributed by atoms with E-state index in [0.29, 0.717) is 6.42 Å². The summed E-state index contributed by atoms with van der Waals surface area (Å²) in [4.78, 5) is 33.1. The van der Waals surface area contributed by atoms with Crippen LogP contribution in [-0.2, 0) is 42.6 Å². The van der Waals surface area contributed by atoms with Crippen molar-refractivity contribution in [3.05, 3.63) is 0 Å². The lowest BCUT2D eigenvalue weighted by atomic mass is 9.88. The van der Waals surface area contributed by atoms with Gasteiger partial charge in [-0.05, 0) is 6.42 Å². The lowest BCUT2D eigenvalue weighted by molar-refractivity contribution is -0.0950. The Labute approximate surface area is 172 Å². The fraction of sp³-hybridized carbons (Fsp3) is 0.833. The van der Waals surface area contributed by atoms with E-state index in [-0.39, 0.29) is 59.5 Å². The van der Waals surface area contributed by atoms with Crippen molar-refractivity contribution in [2.24, 2.45) is 5.41 Å². The molecule has 0 spiro atoms. The third-order valence-electron chi connectivity index (χ3n) is 4.84. The maximum absolute atomic E-state index is 11.0. The average molecular weight is 434 g/mol. The molecule has 3 heterocycles. The van der Waals surface area contributed by atoms with Crippen LogP contribution in [0.15, 0.2) is 0 Å². The summed E-state index contributed by atoms with van der Waals surface area (Å²) in [6.07, 6.45) is -2.86. The Kier molecular flexibility index (Phi) is 7.94. The smallest absolute Gasteiger partial charge is 0.430 e. The van der Waals surface area contributed by atoms with Crippen LogP contribution in [0.5, 0.6) is 0 Å². The van der Waals surface area contributed by atoms with Crippen LogP contribution in [-0.4, -0.2) is 96.2 Å². The molecule has 0 N–H and O–H groups in total. The molecule has 12 nitrogen and oxygen atoms in total. The van der Waals surface area contributed by atoms with Crippen LogP contribution in [0, 0.1) is 5.41 Å². The summed E-state index contributed by atoms with van der Waals surface area (Å²) in [5.41, 5.74) is -0.531. The first kappa shape index (κ1) is 22.4. The van der Waals surface area contributed by atoms with Crippen molar-refractivity contribution in [3.63, 3.8) is 0 Å². The number of hydrogen-bond donors (Lipinski definition) is 0. The van der Waals surface area contributed by atoms with Gasteiger partial charge in [-0.3, -0.25) is 0 Å². The maximum Gasteiger partial charge on any atom is 0.508 e. The lowest BCUT2D eigenvalue weighted by Crippen LogP contribution is -2.39. The van der Waals surface area contributed by atoms with Gasteiger partial charge >= 0.3 is 18.5 Å². The van der Waals surface area contributed by atoms with Gasteiger partial charge in [-0.25, -0.2) is 14.4 Å². The van der Waals surface area contributed by atoms with E-state index in [9.17, 15) is 14.4 Å². The van der Waals surface area contributed by atoms with Crippen LogP contribution in [0.1, 0.15) is 13.3 Å². The third kappa shape index (κ3) is 6.61. The number of carbonyl (C=O) groups is 3. The summed E-state index contributed by atoms with van der Waals surface area (Å²) >= 11 is 0. The summed E-state index contributed by atoms with van der Waals surface area (Å²) in [5, 5.41) is 0. The van der Waals surface area contributed by atoms with E-state index >= 15 is 0 Å². The summed E-state index contributed by atoms with van der Waals surface area (Å²) in [6.45, 7) is 3.71. The fourth-order valence-corrected chi connectivity index (χ4v) is 2.99. The van der Waals surface area contributed by atoms with Crippen molar-refractivity contribution < 1.29 is 57.0 Å². The molecule has 0 aliphatic carbocycles. The molecule has 3 atom stereocenters. The van der Waals surface area contributed by atoms with Gasteiger partial charge in [0, 0.05) is 5.41 Å². The van der Waals surface area contributed by atoms with Crippen LogP contribution in [0.25, 0.3) is 0 Å². The van der Waals surface area contributed by atoms with Crippen LogP contribution in [0.4, 0.5) is 14.4 Å². The first-order chi connectivity index (χ1) is 14.5. The molecule has 3 aliphatic rings.